The summed E-state index contributed by atoms with van der Waals surface area (Å²) in [7, 11) is 7.71. The number of methoxy groups -OCH3 is 5. The summed E-state index contributed by atoms with van der Waals surface area (Å²) in [6.07, 6.45) is 3.51. The van der Waals surface area contributed by atoms with Crippen molar-refractivity contribution < 1.29 is 42.7 Å². The summed E-state index contributed by atoms with van der Waals surface area (Å²) in [6.45, 7) is 1.09. The van der Waals surface area contributed by atoms with E-state index in [-0.39, 0.29) is 0 Å². The van der Waals surface area contributed by atoms with Crippen molar-refractivity contribution >= 4 is 18.1 Å². The topological polar surface area (TPSA) is 90.9 Å². The van der Waals surface area contributed by atoms with Gasteiger partial charge >= 0.3 is 5.97 Å². The summed E-state index contributed by atoms with van der Waals surface area (Å²) in [6, 6.07) is 22.2. The average molecular weight is 599 g/mol. The Labute approximate surface area is 256 Å². The van der Waals surface area contributed by atoms with Crippen molar-refractivity contribution in [2.24, 2.45) is 0 Å². The second kappa shape index (κ2) is 14.0. The lowest BCUT2D eigenvalue weighted by Gasteiger charge is -2.16. The predicted octanol–water partition coefficient (Wildman–Crippen LogP) is 7.18. The maximum atomic E-state index is 12.1. The number of ether oxygens (including phenoxy) is 8. The number of benzene rings is 4. The molecule has 0 bridgehead atoms. The van der Waals surface area contributed by atoms with E-state index in [1.165, 1.54) is 7.11 Å². The van der Waals surface area contributed by atoms with Crippen molar-refractivity contribution in [3.05, 3.63) is 95.1 Å². The van der Waals surface area contributed by atoms with E-state index in [4.69, 9.17) is 37.9 Å². The first-order valence-corrected chi connectivity index (χ1v) is 13.9. The molecule has 228 valence electrons. The Hall–Kier alpha value is -4.99. The smallest absolute Gasteiger partial charge is 0.337 e. The maximum absolute atomic E-state index is 12.1. The predicted molar refractivity (Wildman–Crippen MR) is 166 cm³/mol. The van der Waals surface area contributed by atoms with Crippen LogP contribution in [0.4, 0.5) is 0 Å². The molecule has 0 saturated carbocycles. The molecule has 0 atom stereocenters. The van der Waals surface area contributed by atoms with Crippen LogP contribution in [-0.2, 0) is 14.2 Å². The molecule has 9 nitrogen and oxygen atoms in total. The van der Waals surface area contributed by atoms with Crippen molar-refractivity contribution in [3.8, 4) is 45.6 Å². The molecular formula is C35H34O9. The van der Waals surface area contributed by atoms with E-state index in [1.807, 2.05) is 72.8 Å². The molecule has 44 heavy (non-hydrogen) atoms. The quantitative estimate of drug-likeness (QED) is 0.131. The number of carbonyl (C=O) groups excluding carboxylic acids is 1. The van der Waals surface area contributed by atoms with Gasteiger partial charge in [0.2, 0.25) is 0 Å². The number of carbonyl (C=O) groups is 1. The fourth-order valence-electron chi connectivity index (χ4n) is 4.86. The van der Waals surface area contributed by atoms with Gasteiger partial charge in [-0.05, 0) is 77.4 Å². The van der Waals surface area contributed by atoms with E-state index < -0.39 is 12.3 Å². The highest BCUT2D eigenvalue weighted by Crippen LogP contribution is 2.40. The van der Waals surface area contributed by atoms with Gasteiger partial charge in [-0.15, -0.1) is 0 Å². The average Bonchev–Trinajstić information content (AvgIpc) is 3.62. The maximum Gasteiger partial charge on any atom is 0.337 e. The van der Waals surface area contributed by atoms with Crippen molar-refractivity contribution in [1.29, 1.82) is 0 Å². The van der Waals surface area contributed by atoms with E-state index in [0.717, 1.165) is 27.8 Å². The molecule has 4 aromatic carbocycles. The number of rotatable bonds is 11. The van der Waals surface area contributed by atoms with Gasteiger partial charge in [0.05, 0.1) is 54.3 Å². The molecular weight excluding hydrogens is 564 g/mol. The van der Waals surface area contributed by atoms with Crippen molar-refractivity contribution in [2.75, 3.05) is 48.8 Å². The van der Waals surface area contributed by atoms with Crippen LogP contribution >= 0.6 is 0 Å². The second-order valence-corrected chi connectivity index (χ2v) is 9.69. The molecule has 0 unspecified atom stereocenters. The van der Waals surface area contributed by atoms with Crippen molar-refractivity contribution in [1.82, 2.24) is 0 Å². The third-order valence-electron chi connectivity index (χ3n) is 7.12. The molecule has 1 heterocycles. The van der Waals surface area contributed by atoms with Gasteiger partial charge in [0.25, 0.3) is 0 Å². The highest BCUT2D eigenvalue weighted by atomic mass is 16.7. The Morgan fingerprint density at radius 1 is 0.659 bits per heavy atom. The van der Waals surface area contributed by atoms with Gasteiger partial charge in [0.1, 0.15) is 11.5 Å². The standard InChI is InChI=1S/C35H34O9/c1-37-26-11-13-27(28-12-9-24(34(36)41-5)20-31(28)39-3)23(19-26)8-6-22-7-14-30(32(18-22)40-4)44-33-21-25(10-15-29(33)38-2)35-42-16-17-43-35/h6-15,18-21,35H,16-17H2,1-5H3/b8-6+. The zero-order chi connectivity index (χ0) is 31.1. The van der Waals surface area contributed by atoms with E-state index in [2.05, 4.69) is 0 Å². The van der Waals surface area contributed by atoms with Gasteiger partial charge in [-0.3, -0.25) is 0 Å². The van der Waals surface area contributed by atoms with Crippen LogP contribution in [0.15, 0.2) is 72.8 Å². The Morgan fingerprint density at radius 2 is 1.39 bits per heavy atom. The molecule has 0 aromatic heterocycles. The zero-order valence-corrected chi connectivity index (χ0v) is 25.2. The monoisotopic (exact) mass is 598 g/mol. The van der Waals surface area contributed by atoms with Crippen molar-refractivity contribution in [2.45, 2.75) is 6.29 Å². The third kappa shape index (κ3) is 6.64. The highest BCUT2D eigenvalue weighted by Gasteiger charge is 2.21. The van der Waals surface area contributed by atoms with Gasteiger partial charge < -0.3 is 37.9 Å². The van der Waals surface area contributed by atoms with Crippen LogP contribution < -0.4 is 23.7 Å². The van der Waals surface area contributed by atoms with Gasteiger partial charge in [-0.1, -0.05) is 24.3 Å². The van der Waals surface area contributed by atoms with Crippen molar-refractivity contribution in [3.63, 3.8) is 0 Å². The SMILES string of the molecule is COC(=O)c1ccc(-c2ccc(OC)cc2/C=C/c2ccc(Oc3cc(C4OCCO4)ccc3OC)c(OC)c2)c(OC)c1. The second-order valence-electron chi connectivity index (χ2n) is 9.69. The molecule has 1 fully saturated rings. The van der Waals surface area contributed by atoms with Crippen LogP contribution in [0, 0.1) is 0 Å². The molecule has 0 spiro atoms. The first-order chi connectivity index (χ1) is 21.5. The number of esters is 1. The van der Waals surface area contributed by atoms with Crippen LogP contribution in [0.2, 0.25) is 0 Å². The van der Waals surface area contributed by atoms with Gasteiger partial charge in [0.15, 0.2) is 29.3 Å². The van der Waals surface area contributed by atoms with E-state index in [0.29, 0.717) is 53.3 Å². The number of hydrogen-bond acceptors (Lipinski definition) is 9. The largest absolute Gasteiger partial charge is 0.497 e. The van der Waals surface area contributed by atoms with Crippen LogP contribution in [0.5, 0.6) is 34.5 Å². The van der Waals surface area contributed by atoms with Gasteiger partial charge in [0, 0.05) is 11.1 Å². The lowest BCUT2D eigenvalue weighted by atomic mass is 9.96. The minimum Gasteiger partial charge on any atom is -0.497 e. The molecule has 1 saturated heterocycles. The minimum absolute atomic E-state index is 0.401. The first kappa shape index (κ1) is 30.5. The molecule has 0 aliphatic carbocycles. The molecule has 1 aliphatic rings. The van der Waals surface area contributed by atoms with Crippen LogP contribution in [-0.4, -0.2) is 54.7 Å². The molecule has 0 N–H and O–H groups in total. The lowest BCUT2D eigenvalue weighted by Crippen LogP contribution is -2.02. The fourth-order valence-corrected chi connectivity index (χ4v) is 4.86. The summed E-state index contributed by atoms with van der Waals surface area (Å²) >= 11 is 0. The van der Waals surface area contributed by atoms with Crippen LogP contribution in [0.3, 0.4) is 0 Å². The summed E-state index contributed by atoms with van der Waals surface area (Å²) in [5, 5.41) is 0. The molecule has 4 aromatic rings. The van der Waals surface area contributed by atoms with E-state index in [1.54, 1.807) is 40.6 Å². The zero-order valence-electron chi connectivity index (χ0n) is 25.2. The van der Waals surface area contributed by atoms with Crippen LogP contribution in [0.1, 0.15) is 33.3 Å². The summed E-state index contributed by atoms with van der Waals surface area (Å²) in [4.78, 5) is 12.1. The Morgan fingerprint density at radius 3 is 2.09 bits per heavy atom. The number of hydrogen-bond donors (Lipinski definition) is 0. The molecule has 1 aliphatic heterocycles. The third-order valence-corrected chi connectivity index (χ3v) is 7.12. The summed E-state index contributed by atoms with van der Waals surface area (Å²) in [5.41, 5.74) is 4.70. The van der Waals surface area contributed by atoms with E-state index >= 15 is 0 Å². The first-order valence-electron chi connectivity index (χ1n) is 13.9. The normalized spacial score (nSPS) is 13.1. The Balaban J connectivity index is 1.45. The summed E-state index contributed by atoms with van der Waals surface area (Å²) in [5.74, 6) is 2.95. The molecule has 9 heteroatoms. The Bertz CT molecular complexity index is 1650. The minimum atomic E-state index is -0.440. The molecule has 0 radical (unpaired) electrons. The van der Waals surface area contributed by atoms with Gasteiger partial charge in [-0.25, -0.2) is 4.79 Å². The lowest BCUT2D eigenvalue weighted by molar-refractivity contribution is -0.0442. The highest BCUT2D eigenvalue weighted by molar-refractivity contribution is 5.92. The Kier molecular flexibility index (Phi) is 9.69. The van der Waals surface area contributed by atoms with E-state index in [9.17, 15) is 4.79 Å². The molecule has 0 amide bonds. The van der Waals surface area contributed by atoms with Crippen LogP contribution in [0.25, 0.3) is 23.3 Å². The van der Waals surface area contributed by atoms with Gasteiger partial charge in [-0.2, -0.15) is 0 Å². The fraction of sp³-hybridized carbons (Fsp3) is 0.229. The summed E-state index contributed by atoms with van der Waals surface area (Å²) < 4.78 is 44.8. The molecule has 5 rings (SSSR count).